The zero-order valence-corrected chi connectivity index (χ0v) is 12.4. The Morgan fingerprint density at radius 1 is 1.41 bits per heavy atom. The van der Waals surface area contributed by atoms with Crippen molar-refractivity contribution in [3.63, 3.8) is 0 Å². The molecular formula is C15H18N6O. The Hall–Kier alpha value is -2.46. The molecule has 0 aromatic carbocycles. The van der Waals surface area contributed by atoms with E-state index >= 15 is 0 Å². The first-order valence-corrected chi connectivity index (χ1v) is 7.42. The summed E-state index contributed by atoms with van der Waals surface area (Å²) in [5.74, 6) is 0.655. The minimum Gasteiger partial charge on any atom is -0.371 e. The van der Waals surface area contributed by atoms with Gasteiger partial charge in [-0.3, -0.25) is 4.68 Å². The van der Waals surface area contributed by atoms with Gasteiger partial charge in [0.1, 0.15) is 18.0 Å². The number of hydrogen-bond acceptors (Lipinski definition) is 6. The maximum absolute atomic E-state index is 8.76. The molecule has 0 unspecified atom stereocenters. The summed E-state index contributed by atoms with van der Waals surface area (Å²) in [6.07, 6.45) is 8.87. The van der Waals surface area contributed by atoms with E-state index in [0.29, 0.717) is 11.5 Å². The van der Waals surface area contributed by atoms with Crippen molar-refractivity contribution in [1.82, 2.24) is 19.7 Å². The van der Waals surface area contributed by atoms with Crippen molar-refractivity contribution in [2.24, 2.45) is 0 Å². The summed E-state index contributed by atoms with van der Waals surface area (Å²) in [5, 5.41) is 16.4. The Morgan fingerprint density at radius 3 is 3.00 bits per heavy atom. The van der Waals surface area contributed by atoms with E-state index in [0.717, 1.165) is 31.6 Å². The first-order chi connectivity index (χ1) is 10.8. The minimum atomic E-state index is -0.0495. The van der Waals surface area contributed by atoms with Gasteiger partial charge in [-0.05, 0) is 19.8 Å². The molecule has 0 bridgehead atoms. The van der Waals surface area contributed by atoms with Crippen LogP contribution in [0.1, 0.15) is 37.1 Å². The molecule has 7 heteroatoms. The molecule has 1 fully saturated rings. The molecule has 2 atom stereocenters. The highest BCUT2D eigenvalue weighted by molar-refractivity contribution is 5.35. The molecule has 0 amide bonds. The van der Waals surface area contributed by atoms with E-state index in [1.54, 1.807) is 6.20 Å². The number of nitrogens with zero attached hydrogens (tertiary/aromatic N) is 5. The number of nitrogens with one attached hydrogen (secondary N) is 1. The molecule has 2 aromatic rings. The van der Waals surface area contributed by atoms with Crippen LogP contribution >= 0.6 is 0 Å². The van der Waals surface area contributed by atoms with Crippen LogP contribution < -0.4 is 5.32 Å². The highest BCUT2D eigenvalue weighted by atomic mass is 16.5. The predicted octanol–water partition coefficient (Wildman–Crippen LogP) is 1.90. The summed E-state index contributed by atoms with van der Waals surface area (Å²) in [5.41, 5.74) is 1.38. The lowest BCUT2D eigenvalue weighted by molar-refractivity contribution is 0.00550. The molecule has 0 saturated carbocycles. The molecule has 2 aromatic heterocycles. The van der Waals surface area contributed by atoms with Crippen LogP contribution in [0.5, 0.6) is 0 Å². The fraction of sp³-hybridized carbons (Fsp3) is 0.467. The fourth-order valence-corrected chi connectivity index (χ4v) is 2.61. The summed E-state index contributed by atoms with van der Waals surface area (Å²) in [6, 6.07) is 2.08. The van der Waals surface area contributed by atoms with E-state index in [1.165, 1.54) is 6.20 Å². The van der Waals surface area contributed by atoms with Gasteiger partial charge < -0.3 is 10.1 Å². The number of anilines is 1. The topological polar surface area (TPSA) is 88.6 Å². The third-order valence-corrected chi connectivity index (χ3v) is 3.73. The first kappa shape index (κ1) is 14.5. The van der Waals surface area contributed by atoms with Gasteiger partial charge in [-0.2, -0.15) is 10.4 Å². The van der Waals surface area contributed by atoms with Gasteiger partial charge in [-0.25, -0.2) is 9.97 Å². The molecule has 3 heterocycles. The summed E-state index contributed by atoms with van der Waals surface area (Å²) >= 11 is 0. The van der Waals surface area contributed by atoms with E-state index in [9.17, 15) is 0 Å². The number of hydrogen-bond donors (Lipinski definition) is 1. The molecule has 0 aliphatic carbocycles. The molecule has 7 nitrogen and oxygen atoms in total. The van der Waals surface area contributed by atoms with Gasteiger partial charge >= 0.3 is 0 Å². The van der Waals surface area contributed by atoms with Crippen molar-refractivity contribution in [2.45, 2.75) is 38.5 Å². The third kappa shape index (κ3) is 3.07. The van der Waals surface area contributed by atoms with Crippen molar-refractivity contribution in [3.8, 4) is 6.07 Å². The molecule has 1 N–H and O–H groups in total. The Morgan fingerprint density at radius 2 is 2.32 bits per heavy atom. The SMILES string of the molecule is CCn1cc([C@H]2OCCC[C@@H]2Nc2cnc(C#N)cn2)cn1. The standard InChI is InChI=1S/C15H18N6O/c1-2-21-10-11(7-19-21)15-13(4-3-5-22-15)20-14-9-17-12(6-16)8-18-14/h7-10,13,15H,2-5H2,1H3,(H,18,20)/t13-,15+/m0/s1. The molecule has 114 valence electrons. The Bertz CT molecular complexity index is 659. The van der Waals surface area contributed by atoms with Crippen molar-refractivity contribution in [2.75, 3.05) is 11.9 Å². The number of ether oxygens (including phenoxy) is 1. The summed E-state index contributed by atoms with van der Waals surface area (Å²) in [6.45, 7) is 3.64. The fourth-order valence-electron chi connectivity index (χ4n) is 2.61. The lowest BCUT2D eigenvalue weighted by Crippen LogP contribution is -2.34. The number of nitriles is 1. The number of aryl methyl sites for hydroxylation is 1. The van der Waals surface area contributed by atoms with Crippen LogP contribution in [0, 0.1) is 11.3 Å². The lowest BCUT2D eigenvalue weighted by Gasteiger charge is -2.32. The average Bonchev–Trinajstić information content (AvgIpc) is 3.05. The van der Waals surface area contributed by atoms with E-state index in [1.807, 2.05) is 23.1 Å². The first-order valence-electron chi connectivity index (χ1n) is 7.42. The van der Waals surface area contributed by atoms with Crippen LogP contribution in [0.4, 0.5) is 5.82 Å². The monoisotopic (exact) mass is 298 g/mol. The molecule has 0 radical (unpaired) electrons. The minimum absolute atomic E-state index is 0.0495. The smallest absolute Gasteiger partial charge is 0.158 e. The Kier molecular flexibility index (Phi) is 4.30. The second-order valence-electron chi connectivity index (χ2n) is 5.21. The van der Waals surface area contributed by atoms with Gasteiger partial charge in [0, 0.05) is 24.9 Å². The van der Waals surface area contributed by atoms with Crippen molar-refractivity contribution in [1.29, 1.82) is 5.26 Å². The Balaban J connectivity index is 1.75. The van der Waals surface area contributed by atoms with Crippen LogP contribution in [0.15, 0.2) is 24.8 Å². The molecular weight excluding hydrogens is 280 g/mol. The van der Waals surface area contributed by atoms with E-state index in [4.69, 9.17) is 10.00 Å². The second-order valence-corrected chi connectivity index (χ2v) is 5.21. The van der Waals surface area contributed by atoms with Crippen LogP contribution in [-0.2, 0) is 11.3 Å². The van der Waals surface area contributed by atoms with E-state index in [-0.39, 0.29) is 12.1 Å². The number of rotatable bonds is 4. The molecule has 1 aliphatic heterocycles. The summed E-state index contributed by atoms with van der Waals surface area (Å²) in [4.78, 5) is 8.26. The van der Waals surface area contributed by atoms with E-state index in [2.05, 4.69) is 27.3 Å². The molecule has 0 spiro atoms. The third-order valence-electron chi connectivity index (χ3n) is 3.73. The van der Waals surface area contributed by atoms with E-state index < -0.39 is 0 Å². The van der Waals surface area contributed by atoms with Crippen molar-refractivity contribution in [3.05, 3.63) is 36.0 Å². The van der Waals surface area contributed by atoms with Crippen LogP contribution in [0.25, 0.3) is 0 Å². The highest BCUT2D eigenvalue weighted by Crippen LogP contribution is 2.30. The van der Waals surface area contributed by atoms with Gasteiger partial charge in [0.05, 0.1) is 24.6 Å². The maximum atomic E-state index is 8.76. The number of aromatic nitrogens is 4. The van der Waals surface area contributed by atoms with Gasteiger partial charge in [-0.1, -0.05) is 0 Å². The molecule has 1 saturated heterocycles. The maximum Gasteiger partial charge on any atom is 0.158 e. The van der Waals surface area contributed by atoms with Crippen molar-refractivity contribution < 1.29 is 4.74 Å². The van der Waals surface area contributed by atoms with Gasteiger partial charge in [0.2, 0.25) is 0 Å². The Labute approximate surface area is 129 Å². The predicted molar refractivity (Wildman–Crippen MR) is 80.0 cm³/mol. The molecule has 3 rings (SSSR count). The summed E-state index contributed by atoms with van der Waals surface area (Å²) < 4.78 is 7.83. The zero-order valence-electron chi connectivity index (χ0n) is 12.4. The lowest BCUT2D eigenvalue weighted by atomic mass is 9.98. The van der Waals surface area contributed by atoms with Gasteiger partial charge in [-0.15, -0.1) is 0 Å². The molecule has 22 heavy (non-hydrogen) atoms. The van der Waals surface area contributed by atoms with Crippen LogP contribution in [-0.4, -0.2) is 32.4 Å². The zero-order chi connectivity index (χ0) is 15.4. The van der Waals surface area contributed by atoms with Gasteiger partial charge in [0.15, 0.2) is 5.69 Å². The van der Waals surface area contributed by atoms with Crippen LogP contribution in [0.2, 0.25) is 0 Å². The van der Waals surface area contributed by atoms with Crippen LogP contribution in [0.3, 0.4) is 0 Å². The summed E-state index contributed by atoms with van der Waals surface area (Å²) in [7, 11) is 0. The highest BCUT2D eigenvalue weighted by Gasteiger charge is 2.28. The second kappa shape index (κ2) is 6.54. The van der Waals surface area contributed by atoms with Crippen molar-refractivity contribution >= 4 is 5.82 Å². The normalized spacial score (nSPS) is 21.3. The largest absolute Gasteiger partial charge is 0.371 e. The van der Waals surface area contributed by atoms with Gasteiger partial charge in [0.25, 0.3) is 0 Å². The average molecular weight is 298 g/mol. The molecule has 1 aliphatic rings. The quantitative estimate of drug-likeness (QED) is 0.927.